The van der Waals surface area contributed by atoms with Crippen molar-refractivity contribution < 1.29 is 4.74 Å². The van der Waals surface area contributed by atoms with E-state index in [1.807, 2.05) is 37.3 Å². The molecule has 0 aliphatic carbocycles. The van der Waals surface area contributed by atoms with Crippen molar-refractivity contribution in [3.05, 3.63) is 53.2 Å². The van der Waals surface area contributed by atoms with E-state index < -0.39 is 0 Å². The number of pyridine rings is 1. The van der Waals surface area contributed by atoms with Gasteiger partial charge in [0.15, 0.2) is 0 Å². The molecule has 0 saturated heterocycles. The van der Waals surface area contributed by atoms with Gasteiger partial charge in [0.05, 0.1) is 10.7 Å². The molecule has 0 aliphatic heterocycles. The monoisotopic (exact) mass is 248 g/mol. The van der Waals surface area contributed by atoms with Gasteiger partial charge in [-0.1, -0.05) is 29.8 Å². The molecular formula is C13H13ClN2O. The molecule has 2 N–H and O–H groups in total. The smallest absolute Gasteiger partial charge is 0.138 e. The van der Waals surface area contributed by atoms with Crippen LogP contribution in [0.5, 0.6) is 5.75 Å². The zero-order valence-corrected chi connectivity index (χ0v) is 10.2. The van der Waals surface area contributed by atoms with Gasteiger partial charge in [-0.3, -0.25) is 0 Å². The minimum atomic E-state index is -0.196. The predicted molar refractivity (Wildman–Crippen MR) is 69.1 cm³/mol. The molecule has 0 aliphatic rings. The number of hydrogen-bond acceptors (Lipinski definition) is 3. The number of nitrogen functional groups attached to an aromatic ring is 1. The molecule has 1 aromatic heterocycles. The number of nitrogens with two attached hydrogens (primary N) is 1. The fourth-order valence-electron chi connectivity index (χ4n) is 1.49. The molecule has 17 heavy (non-hydrogen) atoms. The lowest BCUT2D eigenvalue weighted by molar-refractivity contribution is 0.222. The number of para-hydroxylation sites is 1. The van der Waals surface area contributed by atoms with Crippen molar-refractivity contribution in [2.24, 2.45) is 0 Å². The number of nitrogens with zero attached hydrogens (tertiary/aromatic N) is 1. The second-order valence-electron chi connectivity index (χ2n) is 3.68. The lowest BCUT2D eigenvalue weighted by atomic mass is 10.2. The first-order valence-electron chi connectivity index (χ1n) is 5.30. The molecule has 0 unspecified atom stereocenters. The fourth-order valence-corrected chi connectivity index (χ4v) is 1.67. The van der Waals surface area contributed by atoms with Gasteiger partial charge in [-0.25, -0.2) is 4.98 Å². The van der Waals surface area contributed by atoms with Gasteiger partial charge in [0.25, 0.3) is 0 Å². The number of ether oxygens (including phenoxy) is 1. The first-order chi connectivity index (χ1) is 8.16. The summed E-state index contributed by atoms with van der Waals surface area (Å²) in [4.78, 5) is 4.21. The summed E-state index contributed by atoms with van der Waals surface area (Å²) in [6.45, 7) is 1.91. The van der Waals surface area contributed by atoms with Crippen LogP contribution in [0.25, 0.3) is 0 Å². The van der Waals surface area contributed by atoms with Crippen molar-refractivity contribution in [2.45, 2.75) is 13.0 Å². The Kier molecular flexibility index (Phi) is 3.49. The van der Waals surface area contributed by atoms with Crippen molar-refractivity contribution >= 4 is 17.4 Å². The molecule has 1 heterocycles. The highest BCUT2D eigenvalue weighted by molar-refractivity contribution is 6.32. The standard InChI is InChI=1S/C13H13ClN2O/c1-9(11-6-4-8-13(15)16-11)17-12-7-3-2-5-10(12)14/h2-9H,1H3,(H2,15,16)/t9-/m1/s1. The summed E-state index contributed by atoms with van der Waals surface area (Å²) in [5.74, 6) is 1.13. The molecule has 2 aromatic rings. The van der Waals surface area contributed by atoms with Crippen LogP contribution in [0.2, 0.25) is 5.02 Å². The van der Waals surface area contributed by atoms with E-state index in [4.69, 9.17) is 22.1 Å². The Bertz CT molecular complexity index is 516. The summed E-state index contributed by atoms with van der Waals surface area (Å²) in [5, 5.41) is 0.586. The maximum Gasteiger partial charge on any atom is 0.138 e. The van der Waals surface area contributed by atoms with Crippen LogP contribution in [-0.4, -0.2) is 4.98 Å². The first-order valence-corrected chi connectivity index (χ1v) is 5.68. The lowest BCUT2D eigenvalue weighted by Crippen LogP contribution is -2.06. The van der Waals surface area contributed by atoms with Gasteiger partial charge >= 0.3 is 0 Å². The molecule has 2 rings (SSSR count). The molecule has 3 nitrogen and oxygen atoms in total. The van der Waals surface area contributed by atoms with Gasteiger partial charge in [0, 0.05) is 0 Å². The van der Waals surface area contributed by atoms with Crippen LogP contribution in [-0.2, 0) is 0 Å². The van der Waals surface area contributed by atoms with E-state index >= 15 is 0 Å². The molecule has 0 spiro atoms. The van der Waals surface area contributed by atoms with Gasteiger partial charge in [-0.05, 0) is 31.2 Å². The zero-order valence-electron chi connectivity index (χ0n) is 9.43. The first kappa shape index (κ1) is 11.7. The summed E-state index contributed by atoms with van der Waals surface area (Å²) >= 11 is 6.02. The Hall–Kier alpha value is -1.74. The Morgan fingerprint density at radius 2 is 1.94 bits per heavy atom. The molecule has 0 fully saturated rings. The van der Waals surface area contributed by atoms with Crippen molar-refractivity contribution in [1.82, 2.24) is 4.98 Å². The number of aromatic nitrogens is 1. The molecule has 0 bridgehead atoms. The van der Waals surface area contributed by atoms with E-state index in [1.165, 1.54) is 0 Å². The van der Waals surface area contributed by atoms with Crippen LogP contribution in [0, 0.1) is 0 Å². The minimum absolute atomic E-state index is 0.196. The van der Waals surface area contributed by atoms with E-state index in [-0.39, 0.29) is 6.10 Å². The average Bonchev–Trinajstić information content (AvgIpc) is 2.32. The third-order valence-corrected chi connectivity index (χ3v) is 2.66. The minimum Gasteiger partial charge on any atom is -0.483 e. The predicted octanol–water partition coefficient (Wildman–Crippen LogP) is 3.46. The number of anilines is 1. The van der Waals surface area contributed by atoms with E-state index in [0.29, 0.717) is 16.6 Å². The molecule has 0 radical (unpaired) electrons. The molecule has 1 aromatic carbocycles. The van der Waals surface area contributed by atoms with E-state index in [0.717, 1.165) is 5.69 Å². The van der Waals surface area contributed by atoms with Crippen LogP contribution in [0.15, 0.2) is 42.5 Å². The van der Waals surface area contributed by atoms with Crippen LogP contribution in [0.3, 0.4) is 0 Å². The molecule has 0 saturated carbocycles. The van der Waals surface area contributed by atoms with Crippen LogP contribution < -0.4 is 10.5 Å². The van der Waals surface area contributed by atoms with Crippen molar-refractivity contribution in [3.63, 3.8) is 0 Å². The molecular weight excluding hydrogens is 236 g/mol. The summed E-state index contributed by atoms with van der Waals surface area (Å²) in [7, 11) is 0. The largest absolute Gasteiger partial charge is 0.483 e. The number of halogens is 1. The highest BCUT2D eigenvalue weighted by Gasteiger charge is 2.10. The lowest BCUT2D eigenvalue weighted by Gasteiger charge is -2.15. The maximum atomic E-state index is 6.02. The second kappa shape index (κ2) is 5.06. The Morgan fingerprint density at radius 1 is 1.18 bits per heavy atom. The summed E-state index contributed by atoms with van der Waals surface area (Å²) < 4.78 is 5.74. The second-order valence-corrected chi connectivity index (χ2v) is 4.09. The zero-order chi connectivity index (χ0) is 12.3. The SMILES string of the molecule is C[C@@H](Oc1ccccc1Cl)c1cccc(N)n1. The van der Waals surface area contributed by atoms with Crippen molar-refractivity contribution in [2.75, 3.05) is 5.73 Å². The van der Waals surface area contributed by atoms with Crippen LogP contribution >= 0.6 is 11.6 Å². The molecule has 4 heteroatoms. The van der Waals surface area contributed by atoms with E-state index in [2.05, 4.69) is 4.98 Å². The summed E-state index contributed by atoms with van der Waals surface area (Å²) in [6.07, 6.45) is -0.196. The van der Waals surface area contributed by atoms with Crippen LogP contribution in [0.4, 0.5) is 5.82 Å². The van der Waals surface area contributed by atoms with E-state index in [1.54, 1.807) is 12.1 Å². The Balaban J connectivity index is 2.17. The van der Waals surface area contributed by atoms with Crippen molar-refractivity contribution in [3.8, 4) is 5.75 Å². The van der Waals surface area contributed by atoms with Gasteiger partial charge in [0.1, 0.15) is 17.7 Å². The third-order valence-electron chi connectivity index (χ3n) is 2.35. The number of hydrogen-bond donors (Lipinski definition) is 1. The van der Waals surface area contributed by atoms with Crippen LogP contribution in [0.1, 0.15) is 18.7 Å². The highest BCUT2D eigenvalue weighted by atomic mass is 35.5. The molecule has 88 valence electrons. The highest BCUT2D eigenvalue weighted by Crippen LogP contribution is 2.28. The van der Waals surface area contributed by atoms with Gasteiger partial charge in [0.2, 0.25) is 0 Å². The maximum absolute atomic E-state index is 6.02. The number of benzene rings is 1. The summed E-state index contributed by atoms with van der Waals surface area (Å²) in [6, 6.07) is 12.8. The third kappa shape index (κ3) is 2.88. The van der Waals surface area contributed by atoms with Gasteiger partial charge in [-0.15, -0.1) is 0 Å². The topological polar surface area (TPSA) is 48.1 Å². The fraction of sp³-hybridized carbons (Fsp3) is 0.154. The summed E-state index contributed by atoms with van der Waals surface area (Å²) in [5.41, 5.74) is 6.41. The van der Waals surface area contributed by atoms with Gasteiger partial charge < -0.3 is 10.5 Å². The van der Waals surface area contributed by atoms with E-state index in [9.17, 15) is 0 Å². The normalized spacial score (nSPS) is 12.1. The van der Waals surface area contributed by atoms with Crippen molar-refractivity contribution in [1.29, 1.82) is 0 Å². The average molecular weight is 249 g/mol. The molecule has 0 amide bonds. The quantitative estimate of drug-likeness (QED) is 0.905. The van der Waals surface area contributed by atoms with Gasteiger partial charge in [-0.2, -0.15) is 0 Å². The number of rotatable bonds is 3. The molecule has 1 atom stereocenters. The Morgan fingerprint density at radius 3 is 2.65 bits per heavy atom. The Labute approximate surface area is 105 Å².